The van der Waals surface area contributed by atoms with Crippen molar-refractivity contribution in [2.45, 2.75) is 20.4 Å². The summed E-state index contributed by atoms with van der Waals surface area (Å²) in [6.07, 6.45) is 1.92. The van der Waals surface area contributed by atoms with Crippen LogP contribution in [0.15, 0.2) is 36.5 Å². The molecule has 0 fully saturated rings. The van der Waals surface area contributed by atoms with E-state index in [1.54, 1.807) is 0 Å². The van der Waals surface area contributed by atoms with Crippen molar-refractivity contribution in [1.82, 2.24) is 15.1 Å². The van der Waals surface area contributed by atoms with Crippen LogP contribution in [0.2, 0.25) is 5.02 Å². The molecular weight excluding hydrogens is 304 g/mol. The molecule has 2 rings (SSSR count). The lowest BCUT2D eigenvalue weighted by atomic mass is 10.2. The Bertz CT molecular complexity index is 592. The summed E-state index contributed by atoms with van der Waals surface area (Å²) in [5.74, 6) is 1.29. The zero-order valence-corrected chi connectivity index (χ0v) is 13.7. The van der Waals surface area contributed by atoms with Gasteiger partial charge < -0.3 is 10.6 Å². The van der Waals surface area contributed by atoms with Crippen LogP contribution < -0.4 is 10.6 Å². The van der Waals surface area contributed by atoms with Crippen LogP contribution in [-0.4, -0.2) is 21.4 Å². The highest BCUT2D eigenvalue weighted by Gasteiger charge is 2.03. The molecule has 0 saturated heterocycles. The Balaban J connectivity index is 1.89. The van der Waals surface area contributed by atoms with Crippen molar-refractivity contribution in [3.05, 3.63) is 47.1 Å². The lowest BCUT2D eigenvalue weighted by Crippen LogP contribution is -2.31. The Kier molecular flexibility index (Phi) is 5.59. The third kappa shape index (κ3) is 5.36. The molecule has 0 spiro atoms. The van der Waals surface area contributed by atoms with Gasteiger partial charge in [-0.25, -0.2) is 0 Å². The Labute approximate surface area is 135 Å². The first-order valence-corrected chi connectivity index (χ1v) is 7.64. The summed E-state index contributed by atoms with van der Waals surface area (Å²) in [5, 5.41) is 12.0. The molecular formula is C15H19ClN4S. The highest BCUT2D eigenvalue weighted by molar-refractivity contribution is 7.80. The maximum absolute atomic E-state index is 5.87. The molecule has 1 aromatic carbocycles. The minimum atomic E-state index is 0.548. The number of hydrogen-bond acceptors (Lipinski definition) is 2. The van der Waals surface area contributed by atoms with Gasteiger partial charge in [0.25, 0.3) is 0 Å². The molecule has 0 bridgehead atoms. The predicted molar refractivity (Wildman–Crippen MR) is 91.8 cm³/mol. The molecule has 0 saturated carbocycles. The second kappa shape index (κ2) is 7.43. The minimum Gasteiger partial charge on any atom is -0.362 e. The monoisotopic (exact) mass is 322 g/mol. The minimum absolute atomic E-state index is 0.548. The second-order valence-corrected chi connectivity index (χ2v) is 6.10. The van der Waals surface area contributed by atoms with Gasteiger partial charge in [-0.05, 0) is 35.8 Å². The molecule has 4 nitrogen and oxygen atoms in total. The lowest BCUT2D eigenvalue weighted by Gasteiger charge is -2.10. The quantitative estimate of drug-likeness (QED) is 0.826. The average Bonchev–Trinajstić information content (AvgIpc) is 2.86. The topological polar surface area (TPSA) is 41.9 Å². The smallest absolute Gasteiger partial charge is 0.171 e. The third-order valence-electron chi connectivity index (χ3n) is 2.81. The molecule has 0 radical (unpaired) electrons. The van der Waals surface area contributed by atoms with E-state index in [9.17, 15) is 0 Å². The molecule has 0 atom stereocenters. The van der Waals surface area contributed by atoms with Crippen molar-refractivity contribution >= 4 is 34.7 Å². The molecule has 21 heavy (non-hydrogen) atoms. The van der Waals surface area contributed by atoms with Gasteiger partial charge in [0.15, 0.2) is 10.9 Å². The van der Waals surface area contributed by atoms with Crippen LogP contribution >= 0.6 is 23.8 Å². The van der Waals surface area contributed by atoms with E-state index in [1.807, 2.05) is 41.2 Å². The Morgan fingerprint density at radius 3 is 2.67 bits per heavy atom. The van der Waals surface area contributed by atoms with Crippen LogP contribution in [0.1, 0.15) is 19.4 Å². The lowest BCUT2D eigenvalue weighted by molar-refractivity contribution is 0.627. The van der Waals surface area contributed by atoms with E-state index in [2.05, 4.69) is 29.6 Å². The molecule has 2 N–H and O–H groups in total. The van der Waals surface area contributed by atoms with Gasteiger partial charge in [0.2, 0.25) is 0 Å². The third-order valence-corrected chi connectivity index (χ3v) is 3.31. The number of nitrogens with zero attached hydrogens (tertiary/aromatic N) is 2. The maximum Gasteiger partial charge on any atom is 0.171 e. The van der Waals surface area contributed by atoms with Crippen molar-refractivity contribution in [2.24, 2.45) is 5.92 Å². The summed E-state index contributed by atoms with van der Waals surface area (Å²) in [6, 6.07) is 9.65. The summed E-state index contributed by atoms with van der Waals surface area (Å²) < 4.78 is 1.86. The van der Waals surface area contributed by atoms with Crippen LogP contribution in [-0.2, 0) is 6.54 Å². The molecule has 112 valence electrons. The fraction of sp³-hybridized carbons (Fsp3) is 0.333. The van der Waals surface area contributed by atoms with Crippen LogP contribution in [0.25, 0.3) is 0 Å². The molecule has 0 aliphatic heterocycles. The van der Waals surface area contributed by atoms with Gasteiger partial charge in [-0.15, -0.1) is 0 Å². The number of rotatable bonds is 5. The van der Waals surface area contributed by atoms with Gasteiger partial charge in [0, 0.05) is 23.8 Å². The number of hydrogen-bond donors (Lipinski definition) is 2. The van der Waals surface area contributed by atoms with Crippen molar-refractivity contribution in [3.8, 4) is 0 Å². The van der Waals surface area contributed by atoms with E-state index < -0.39 is 0 Å². The standard InChI is InChI=1S/C15H19ClN4S/c1-11(2)9-17-15(21)18-14-7-8-20(19-14)10-12-3-5-13(16)6-4-12/h3-8,11H,9-10H2,1-2H3,(H2,17,18,19,21). The van der Waals surface area contributed by atoms with E-state index in [4.69, 9.17) is 23.8 Å². The highest BCUT2D eigenvalue weighted by atomic mass is 35.5. The largest absolute Gasteiger partial charge is 0.362 e. The first-order chi connectivity index (χ1) is 10.0. The van der Waals surface area contributed by atoms with Gasteiger partial charge >= 0.3 is 0 Å². The molecule has 1 heterocycles. The van der Waals surface area contributed by atoms with Crippen LogP contribution in [0, 0.1) is 5.92 Å². The fourth-order valence-electron chi connectivity index (χ4n) is 1.75. The molecule has 0 unspecified atom stereocenters. The van der Waals surface area contributed by atoms with Crippen LogP contribution in [0.4, 0.5) is 5.82 Å². The zero-order chi connectivity index (χ0) is 15.2. The first-order valence-electron chi connectivity index (χ1n) is 6.85. The van der Waals surface area contributed by atoms with Crippen molar-refractivity contribution in [2.75, 3.05) is 11.9 Å². The Morgan fingerprint density at radius 2 is 2.00 bits per heavy atom. The van der Waals surface area contributed by atoms with E-state index in [-0.39, 0.29) is 0 Å². The maximum atomic E-state index is 5.87. The number of halogens is 1. The number of anilines is 1. The van der Waals surface area contributed by atoms with E-state index in [0.29, 0.717) is 17.6 Å². The molecule has 0 aliphatic carbocycles. The predicted octanol–water partition coefficient (Wildman–Crippen LogP) is 3.53. The van der Waals surface area contributed by atoms with Gasteiger partial charge in [0.1, 0.15) is 0 Å². The van der Waals surface area contributed by atoms with Crippen molar-refractivity contribution < 1.29 is 0 Å². The zero-order valence-electron chi connectivity index (χ0n) is 12.1. The second-order valence-electron chi connectivity index (χ2n) is 5.25. The van der Waals surface area contributed by atoms with Gasteiger partial charge in [-0.3, -0.25) is 4.68 Å². The summed E-state index contributed by atoms with van der Waals surface area (Å²) in [6.45, 7) is 5.81. The van der Waals surface area contributed by atoms with Crippen LogP contribution in [0.3, 0.4) is 0 Å². The molecule has 1 aromatic heterocycles. The average molecular weight is 323 g/mol. The Hall–Kier alpha value is -1.59. The SMILES string of the molecule is CC(C)CNC(=S)Nc1ccn(Cc2ccc(Cl)cc2)n1. The summed E-state index contributed by atoms with van der Waals surface area (Å²) in [4.78, 5) is 0. The molecule has 6 heteroatoms. The summed E-state index contributed by atoms with van der Waals surface area (Å²) in [5.41, 5.74) is 1.15. The number of nitrogens with one attached hydrogen (secondary N) is 2. The van der Waals surface area contributed by atoms with Crippen molar-refractivity contribution in [3.63, 3.8) is 0 Å². The number of benzene rings is 1. The molecule has 2 aromatic rings. The normalized spacial score (nSPS) is 10.7. The van der Waals surface area contributed by atoms with E-state index in [1.165, 1.54) is 0 Å². The van der Waals surface area contributed by atoms with E-state index >= 15 is 0 Å². The van der Waals surface area contributed by atoms with Crippen molar-refractivity contribution in [1.29, 1.82) is 0 Å². The van der Waals surface area contributed by atoms with Gasteiger partial charge in [0.05, 0.1) is 6.54 Å². The van der Waals surface area contributed by atoms with E-state index in [0.717, 1.165) is 22.9 Å². The number of thiocarbonyl (C=S) groups is 1. The summed E-state index contributed by atoms with van der Waals surface area (Å²) in [7, 11) is 0. The van der Waals surface area contributed by atoms with Gasteiger partial charge in [-0.2, -0.15) is 5.10 Å². The highest BCUT2D eigenvalue weighted by Crippen LogP contribution is 2.11. The Morgan fingerprint density at radius 1 is 1.29 bits per heavy atom. The molecule has 0 aliphatic rings. The number of aromatic nitrogens is 2. The molecule has 0 amide bonds. The van der Waals surface area contributed by atoms with Gasteiger partial charge in [-0.1, -0.05) is 37.6 Å². The van der Waals surface area contributed by atoms with Crippen LogP contribution in [0.5, 0.6) is 0 Å². The first kappa shape index (κ1) is 15.8. The summed E-state index contributed by atoms with van der Waals surface area (Å²) >= 11 is 11.1. The fourth-order valence-corrected chi connectivity index (χ4v) is 2.06.